The highest BCUT2D eigenvalue weighted by atomic mass is 16.5. The molecule has 0 saturated heterocycles. The van der Waals surface area contributed by atoms with Crippen LogP contribution in [0.2, 0.25) is 0 Å². The Bertz CT molecular complexity index is 264. The molecule has 0 bridgehead atoms. The minimum absolute atomic E-state index is 0.269. The van der Waals surface area contributed by atoms with E-state index in [0.717, 1.165) is 0 Å². The zero-order valence-corrected chi connectivity index (χ0v) is 6.26. The van der Waals surface area contributed by atoms with E-state index in [0.29, 0.717) is 0 Å². The second kappa shape index (κ2) is 4.75. The summed E-state index contributed by atoms with van der Waals surface area (Å²) in [6, 6.07) is 0. The molecule has 0 aliphatic heterocycles. The van der Waals surface area contributed by atoms with E-state index in [4.69, 9.17) is 15.3 Å². The Morgan fingerprint density at radius 3 is 2.00 bits per heavy atom. The molecule has 0 atom stereocenters. The van der Waals surface area contributed by atoms with Gasteiger partial charge >= 0.3 is 17.9 Å². The molecule has 0 aliphatic carbocycles. The van der Waals surface area contributed by atoms with Gasteiger partial charge < -0.3 is 20.1 Å². The molecule has 0 aromatic heterocycles. The molecule has 7 heteroatoms. The van der Waals surface area contributed by atoms with Gasteiger partial charge in [0.2, 0.25) is 5.76 Å². The molecule has 0 aromatic rings. The third-order valence-corrected chi connectivity index (χ3v) is 0.817. The van der Waals surface area contributed by atoms with Gasteiger partial charge in [-0.2, -0.15) is 0 Å². The van der Waals surface area contributed by atoms with E-state index in [2.05, 4.69) is 4.74 Å². The lowest BCUT2D eigenvalue weighted by atomic mass is 10.4. The van der Waals surface area contributed by atoms with Crippen molar-refractivity contribution in [1.29, 1.82) is 0 Å². The summed E-state index contributed by atoms with van der Waals surface area (Å²) in [5.41, 5.74) is 0. The first-order chi connectivity index (χ1) is 5.93. The van der Waals surface area contributed by atoms with Crippen LogP contribution in [0, 0.1) is 0 Å². The summed E-state index contributed by atoms with van der Waals surface area (Å²) in [6.45, 7) is -0.897. The molecule has 13 heavy (non-hydrogen) atoms. The number of ether oxygens (including phenoxy) is 1. The summed E-state index contributed by atoms with van der Waals surface area (Å²) in [6.07, 6.45) is 0.269. The molecular formula is C6H6O7. The van der Waals surface area contributed by atoms with Gasteiger partial charge in [0.25, 0.3) is 0 Å². The molecule has 0 heterocycles. The third kappa shape index (κ3) is 5.24. The van der Waals surface area contributed by atoms with Gasteiger partial charge in [0, 0.05) is 0 Å². The van der Waals surface area contributed by atoms with Crippen molar-refractivity contribution in [1.82, 2.24) is 0 Å². The Balaban J connectivity index is 4.36. The number of carboxylic acids is 3. The van der Waals surface area contributed by atoms with E-state index < -0.39 is 30.3 Å². The van der Waals surface area contributed by atoms with Crippen molar-refractivity contribution in [2.45, 2.75) is 0 Å². The molecule has 0 fully saturated rings. The molecule has 0 aromatic carbocycles. The normalized spacial score (nSPS) is 10.6. The zero-order valence-electron chi connectivity index (χ0n) is 6.26. The van der Waals surface area contributed by atoms with E-state index in [1.54, 1.807) is 0 Å². The number of hydrogen-bond donors (Lipinski definition) is 3. The quantitative estimate of drug-likeness (QED) is 0.381. The summed E-state index contributed by atoms with van der Waals surface area (Å²) in [4.78, 5) is 30.1. The van der Waals surface area contributed by atoms with Crippen LogP contribution in [0.1, 0.15) is 0 Å². The van der Waals surface area contributed by atoms with Gasteiger partial charge in [0.1, 0.15) is 0 Å². The van der Waals surface area contributed by atoms with E-state index in [-0.39, 0.29) is 6.08 Å². The van der Waals surface area contributed by atoms with Crippen molar-refractivity contribution >= 4 is 17.9 Å². The molecular weight excluding hydrogens is 184 g/mol. The number of carbonyl (C=O) groups is 3. The Kier molecular flexibility index (Phi) is 4.00. The van der Waals surface area contributed by atoms with Crippen LogP contribution in [0.15, 0.2) is 11.8 Å². The summed E-state index contributed by atoms with van der Waals surface area (Å²) >= 11 is 0. The second-order valence-corrected chi connectivity index (χ2v) is 1.83. The monoisotopic (exact) mass is 190 g/mol. The van der Waals surface area contributed by atoms with Gasteiger partial charge in [-0.15, -0.1) is 0 Å². The number of hydrogen-bond acceptors (Lipinski definition) is 4. The number of aliphatic carboxylic acids is 3. The maximum atomic E-state index is 10.2. The fraction of sp³-hybridized carbons (Fsp3) is 0.167. The fourth-order valence-electron chi connectivity index (χ4n) is 0.417. The molecule has 0 radical (unpaired) electrons. The lowest BCUT2D eigenvalue weighted by molar-refractivity contribution is -0.144. The minimum atomic E-state index is -1.64. The van der Waals surface area contributed by atoms with Gasteiger partial charge in [0.05, 0.1) is 6.08 Å². The van der Waals surface area contributed by atoms with Crippen LogP contribution in [0.5, 0.6) is 0 Å². The van der Waals surface area contributed by atoms with Gasteiger partial charge in [-0.05, 0) is 0 Å². The summed E-state index contributed by atoms with van der Waals surface area (Å²) in [5.74, 6) is -5.47. The largest absolute Gasteiger partial charge is 0.479 e. The van der Waals surface area contributed by atoms with Crippen molar-refractivity contribution in [3.8, 4) is 0 Å². The van der Waals surface area contributed by atoms with E-state index in [9.17, 15) is 14.4 Å². The van der Waals surface area contributed by atoms with Crippen molar-refractivity contribution in [2.75, 3.05) is 6.61 Å². The standard InChI is InChI=1S/C6H6O7/c7-4(8)1-3(6(11)12)13-2-5(9)10/h1H,2H2,(H,7,8)(H,9,10)(H,11,12). The first-order valence-electron chi connectivity index (χ1n) is 2.96. The molecule has 0 unspecified atom stereocenters. The summed E-state index contributed by atoms with van der Waals surface area (Å²) < 4.78 is 4.16. The predicted octanol–water partition coefficient (Wildman–Crippen LogP) is -0.859. The van der Waals surface area contributed by atoms with Crippen molar-refractivity contribution in [3.63, 3.8) is 0 Å². The van der Waals surface area contributed by atoms with Gasteiger partial charge in [-0.25, -0.2) is 14.4 Å². The van der Waals surface area contributed by atoms with Crippen LogP contribution in [-0.2, 0) is 19.1 Å². The number of carboxylic acid groups (broad SMARTS) is 3. The van der Waals surface area contributed by atoms with Gasteiger partial charge in [-0.1, -0.05) is 0 Å². The van der Waals surface area contributed by atoms with Gasteiger partial charge in [-0.3, -0.25) is 0 Å². The lowest BCUT2D eigenvalue weighted by Crippen LogP contribution is -2.13. The van der Waals surface area contributed by atoms with E-state index in [1.807, 2.05) is 0 Å². The van der Waals surface area contributed by atoms with Crippen LogP contribution < -0.4 is 0 Å². The van der Waals surface area contributed by atoms with Crippen LogP contribution in [0.3, 0.4) is 0 Å². The Morgan fingerprint density at radius 1 is 1.15 bits per heavy atom. The third-order valence-electron chi connectivity index (χ3n) is 0.817. The highest BCUT2D eigenvalue weighted by Crippen LogP contribution is 1.96. The van der Waals surface area contributed by atoms with Crippen LogP contribution >= 0.6 is 0 Å². The average Bonchev–Trinajstić information content (AvgIpc) is 1.96. The molecule has 72 valence electrons. The molecule has 0 spiro atoms. The maximum Gasteiger partial charge on any atom is 0.371 e. The Hall–Kier alpha value is -2.05. The van der Waals surface area contributed by atoms with Gasteiger partial charge in [0.15, 0.2) is 6.61 Å². The topological polar surface area (TPSA) is 121 Å². The first kappa shape index (κ1) is 11.0. The summed E-state index contributed by atoms with van der Waals surface area (Å²) in [7, 11) is 0. The molecule has 0 amide bonds. The van der Waals surface area contributed by atoms with E-state index in [1.165, 1.54) is 0 Å². The summed E-state index contributed by atoms with van der Waals surface area (Å²) in [5, 5.41) is 24.5. The maximum absolute atomic E-state index is 10.2. The van der Waals surface area contributed by atoms with Crippen LogP contribution in [0.4, 0.5) is 0 Å². The van der Waals surface area contributed by atoms with Crippen molar-refractivity contribution in [2.24, 2.45) is 0 Å². The molecule has 0 saturated carbocycles. The molecule has 3 N–H and O–H groups in total. The Morgan fingerprint density at radius 2 is 1.69 bits per heavy atom. The van der Waals surface area contributed by atoms with Crippen molar-refractivity contribution < 1.29 is 34.4 Å². The molecule has 0 aliphatic rings. The number of rotatable bonds is 5. The fourth-order valence-corrected chi connectivity index (χ4v) is 0.417. The second-order valence-electron chi connectivity index (χ2n) is 1.83. The van der Waals surface area contributed by atoms with Crippen LogP contribution in [0.25, 0.3) is 0 Å². The average molecular weight is 190 g/mol. The highest BCUT2D eigenvalue weighted by Gasteiger charge is 2.12. The minimum Gasteiger partial charge on any atom is -0.479 e. The SMILES string of the molecule is O=C(O)C=C(OCC(=O)O)C(=O)O. The molecule has 0 rings (SSSR count). The Labute approximate surface area is 71.9 Å². The lowest BCUT2D eigenvalue weighted by Gasteiger charge is -2.01. The van der Waals surface area contributed by atoms with E-state index >= 15 is 0 Å². The first-order valence-corrected chi connectivity index (χ1v) is 2.96. The zero-order chi connectivity index (χ0) is 10.4. The van der Waals surface area contributed by atoms with Crippen LogP contribution in [-0.4, -0.2) is 39.8 Å². The highest BCUT2D eigenvalue weighted by molar-refractivity contribution is 5.93. The van der Waals surface area contributed by atoms with Crippen molar-refractivity contribution in [3.05, 3.63) is 11.8 Å². The molecule has 7 nitrogen and oxygen atoms in total. The predicted molar refractivity (Wildman–Crippen MR) is 36.9 cm³/mol. The smallest absolute Gasteiger partial charge is 0.371 e.